The molecule has 1 saturated heterocycles. The third-order valence-corrected chi connectivity index (χ3v) is 5.54. The summed E-state index contributed by atoms with van der Waals surface area (Å²) in [6.07, 6.45) is 4.00. The van der Waals surface area contributed by atoms with Crippen molar-refractivity contribution in [2.45, 2.75) is 25.4 Å². The fraction of sp³-hybridized carbons (Fsp3) is 0.400. The molecule has 2 aliphatic heterocycles. The number of fused-ring (bicyclic) bond motifs is 1. The second-order valence-corrected chi connectivity index (χ2v) is 7.94. The SMILES string of the molecule is CNc1ccc(NC2N=CNc3cc(OCCOC)cc(F)c32)cc1.O=CCCN1CCCC1=O. The van der Waals surface area contributed by atoms with Gasteiger partial charge in [-0.15, -0.1) is 0 Å². The summed E-state index contributed by atoms with van der Waals surface area (Å²) < 4.78 is 25.1. The number of hydrogen-bond donors (Lipinski definition) is 3. The molecule has 4 rings (SSSR count). The Morgan fingerprint density at radius 1 is 1.23 bits per heavy atom. The molecular weight excluding hydrogens is 453 g/mol. The first-order chi connectivity index (χ1) is 17.0. The Morgan fingerprint density at radius 3 is 2.66 bits per heavy atom. The van der Waals surface area contributed by atoms with Crippen LogP contribution in [0.3, 0.4) is 0 Å². The first kappa shape index (κ1) is 26.0. The van der Waals surface area contributed by atoms with E-state index in [1.165, 1.54) is 6.07 Å². The highest BCUT2D eigenvalue weighted by atomic mass is 19.1. The van der Waals surface area contributed by atoms with Gasteiger partial charge in [-0.05, 0) is 30.7 Å². The third-order valence-electron chi connectivity index (χ3n) is 5.54. The lowest BCUT2D eigenvalue weighted by molar-refractivity contribution is -0.127. The summed E-state index contributed by atoms with van der Waals surface area (Å²) in [5.41, 5.74) is 2.95. The molecular formula is C25H32FN5O4. The Morgan fingerprint density at radius 2 is 2.00 bits per heavy atom. The Hall–Kier alpha value is -3.66. The fourth-order valence-electron chi connectivity index (χ4n) is 3.72. The average molecular weight is 486 g/mol. The van der Waals surface area contributed by atoms with Crippen LogP contribution in [0.25, 0.3) is 0 Å². The van der Waals surface area contributed by atoms with Gasteiger partial charge in [0.1, 0.15) is 24.5 Å². The van der Waals surface area contributed by atoms with Gasteiger partial charge in [-0.1, -0.05) is 0 Å². The van der Waals surface area contributed by atoms with Crippen LogP contribution in [0.1, 0.15) is 31.0 Å². The normalized spacial score (nSPS) is 16.0. The molecule has 188 valence electrons. The number of nitrogens with one attached hydrogen (secondary N) is 3. The number of anilines is 3. The minimum absolute atomic E-state index is 0.196. The van der Waals surface area contributed by atoms with E-state index in [0.717, 1.165) is 30.6 Å². The van der Waals surface area contributed by atoms with Crippen molar-refractivity contribution in [2.24, 2.45) is 4.99 Å². The summed E-state index contributed by atoms with van der Waals surface area (Å²) in [6.45, 7) is 2.26. The highest BCUT2D eigenvalue weighted by Crippen LogP contribution is 2.35. The minimum Gasteiger partial charge on any atom is -0.491 e. The van der Waals surface area contributed by atoms with Crippen molar-refractivity contribution >= 4 is 35.6 Å². The molecule has 2 aromatic carbocycles. The lowest BCUT2D eigenvalue weighted by Crippen LogP contribution is -2.25. The van der Waals surface area contributed by atoms with Crippen LogP contribution in [0.4, 0.5) is 21.5 Å². The van der Waals surface area contributed by atoms with E-state index in [4.69, 9.17) is 9.47 Å². The molecule has 0 saturated carbocycles. The molecule has 0 aromatic heterocycles. The quantitative estimate of drug-likeness (QED) is 0.349. The van der Waals surface area contributed by atoms with E-state index in [1.54, 1.807) is 24.4 Å². The number of aliphatic imine (C=N–C) groups is 1. The summed E-state index contributed by atoms with van der Waals surface area (Å²) in [7, 11) is 3.45. The summed E-state index contributed by atoms with van der Waals surface area (Å²) in [4.78, 5) is 26.9. The second-order valence-electron chi connectivity index (χ2n) is 7.94. The number of halogens is 1. The lowest BCUT2D eigenvalue weighted by atomic mass is 10.1. The van der Waals surface area contributed by atoms with E-state index in [2.05, 4.69) is 20.9 Å². The van der Waals surface area contributed by atoms with E-state index in [9.17, 15) is 14.0 Å². The molecule has 2 heterocycles. The van der Waals surface area contributed by atoms with Crippen molar-refractivity contribution in [1.29, 1.82) is 0 Å². The maximum Gasteiger partial charge on any atom is 0.222 e. The number of aldehydes is 1. The van der Waals surface area contributed by atoms with Gasteiger partial charge < -0.3 is 35.1 Å². The molecule has 1 fully saturated rings. The molecule has 35 heavy (non-hydrogen) atoms. The molecule has 1 amide bonds. The zero-order chi connectivity index (χ0) is 25.0. The summed E-state index contributed by atoms with van der Waals surface area (Å²) in [5, 5.41) is 9.27. The number of carbonyl (C=O) groups excluding carboxylic acids is 2. The molecule has 1 unspecified atom stereocenters. The monoisotopic (exact) mass is 485 g/mol. The molecule has 0 spiro atoms. The standard InChI is InChI=1S/C18H21FN4O2.C7H11NO2/c1-20-12-3-5-13(6-4-12)23-18-17-15(19)9-14(25-8-7-24-2)10-16(17)21-11-22-18;9-6-2-5-8-4-1-3-7(8)10/h3-6,9-11,18,20,23H,7-8H2,1-2H3,(H,21,22);6H,1-5H2. The highest BCUT2D eigenvalue weighted by molar-refractivity contribution is 5.82. The first-order valence-electron chi connectivity index (χ1n) is 11.5. The molecule has 10 heteroatoms. The van der Waals surface area contributed by atoms with Crippen LogP contribution in [0.5, 0.6) is 5.75 Å². The molecule has 2 aliphatic rings. The number of ether oxygens (including phenoxy) is 2. The van der Waals surface area contributed by atoms with Gasteiger partial charge in [-0.2, -0.15) is 0 Å². The predicted molar refractivity (Wildman–Crippen MR) is 135 cm³/mol. The van der Waals surface area contributed by atoms with Crippen LogP contribution in [0.15, 0.2) is 41.4 Å². The highest BCUT2D eigenvalue weighted by Gasteiger charge is 2.23. The van der Waals surface area contributed by atoms with E-state index >= 15 is 0 Å². The number of nitrogens with zero attached hydrogens (tertiary/aromatic N) is 2. The lowest BCUT2D eigenvalue weighted by Gasteiger charge is -2.24. The van der Waals surface area contributed by atoms with Gasteiger partial charge in [0.15, 0.2) is 6.17 Å². The first-order valence-corrected chi connectivity index (χ1v) is 11.5. The Labute approximate surface area is 204 Å². The van der Waals surface area contributed by atoms with E-state index < -0.39 is 6.17 Å². The Kier molecular flexibility index (Phi) is 9.85. The topological polar surface area (TPSA) is 104 Å². The minimum atomic E-state index is -0.510. The van der Waals surface area contributed by atoms with Gasteiger partial charge >= 0.3 is 0 Å². The third kappa shape index (κ3) is 7.41. The van der Waals surface area contributed by atoms with E-state index in [0.29, 0.717) is 49.6 Å². The van der Waals surface area contributed by atoms with Gasteiger partial charge in [0.05, 0.1) is 24.2 Å². The molecule has 0 bridgehead atoms. The van der Waals surface area contributed by atoms with Crippen molar-refractivity contribution in [3.63, 3.8) is 0 Å². The number of likely N-dealkylation sites (tertiary alicyclic amines) is 1. The van der Waals surface area contributed by atoms with E-state index in [1.807, 2.05) is 31.3 Å². The van der Waals surface area contributed by atoms with Crippen molar-refractivity contribution in [1.82, 2.24) is 4.90 Å². The largest absolute Gasteiger partial charge is 0.491 e. The predicted octanol–water partition coefficient (Wildman–Crippen LogP) is 3.65. The summed E-state index contributed by atoms with van der Waals surface area (Å²) >= 11 is 0. The Bertz CT molecular complexity index is 1020. The zero-order valence-electron chi connectivity index (χ0n) is 20.1. The molecule has 9 nitrogen and oxygen atoms in total. The number of rotatable bonds is 10. The molecule has 2 aromatic rings. The zero-order valence-corrected chi connectivity index (χ0v) is 20.1. The van der Waals surface area contributed by atoms with Crippen molar-refractivity contribution in [3.8, 4) is 5.75 Å². The van der Waals surface area contributed by atoms with Crippen LogP contribution in [-0.2, 0) is 14.3 Å². The summed E-state index contributed by atoms with van der Waals surface area (Å²) in [6, 6.07) is 10.9. The maximum atomic E-state index is 14.6. The Balaban J connectivity index is 0.000000287. The van der Waals surface area contributed by atoms with Gasteiger partial charge in [-0.3, -0.25) is 4.79 Å². The van der Waals surface area contributed by atoms with Gasteiger partial charge in [-0.25, -0.2) is 9.38 Å². The van der Waals surface area contributed by atoms with Gasteiger partial charge in [0, 0.05) is 63.6 Å². The maximum absolute atomic E-state index is 14.6. The smallest absolute Gasteiger partial charge is 0.222 e. The fourth-order valence-corrected chi connectivity index (χ4v) is 3.72. The van der Waals surface area contributed by atoms with Crippen LogP contribution in [-0.4, -0.2) is 63.9 Å². The van der Waals surface area contributed by atoms with Gasteiger partial charge in [0.25, 0.3) is 0 Å². The van der Waals surface area contributed by atoms with Gasteiger partial charge in [0.2, 0.25) is 5.91 Å². The molecule has 3 N–H and O–H groups in total. The molecule has 0 radical (unpaired) electrons. The number of amides is 1. The van der Waals surface area contributed by atoms with Crippen molar-refractivity contribution < 1.29 is 23.5 Å². The number of carbonyl (C=O) groups is 2. The van der Waals surface area contributed by atoms with Crippen LogP contribution < -0.4 is 20.7 Å². The number of benzene rings is 2. The van der Waals surface area contributed by atoms with Crippen molar-refractivity contribution in [3.05, 3.63) is 47.8 Å². The van der Waals surface area contributed by atoms with Crippen LogP contribution in [0, 0.1) is 5.82 Å². The number of hydrogen-bond acceptors (Lipinski definition) is 8. The second kappa shape index (κ2) is 13.3. The van der Waals surface area contributed by atoms with Crippen molar-refractivity contribution in [2.75, 3.05) is 56.4 Å². The molecule has 0 aliphatic carbocycles. The van der Waals surface area contributed by atoms with Crippen LogP contribution >= 0.6 is 0 Å². The van der Waals surface area contributed by atoms with E-state index in [-0.39, 0.29) is 11.7 Å². The average Bonchev–Trinajstić information content (AvgIpc) is 3.28. The summed E-state index contributed by atoms with van der Waals surface area (Å²) in [5.74, 6) is 0.272. The van der Waals surface area contributed by atoms with Crippen LogP contribution in [0.2, 0.25) is 0 Å². The molecule has 1 atom stereocenters. The number of methoxy groups -OCH3 is 1.